The largest absolute Gasteiger partial charge is 0.465 e. The monoisotopic (exact) mass is 563 g/mol. The highest BCUT2D eigenvalue weighted by atomic mass is 19.1. The number of rotatable bonds is 6. The zero-order chi connectivity index (χ0) is 29.4. The van der Waals surface area contributed by atoms with Crippen LogP contribution in [0.2, 0.25) is 0 Å². The summed E-state index contributed by atoms with van der Waals surface area (Å²) < 4.78 is 18.4. The summed E-state index contributed by atoms with van der Waals surface area (Å²) in [6.45, 7) is 0. The smallest absolute Gasteiger partial charge is 0.409 e. The lowest BCUT2D eigenvalue weighted by molar-refractivity contribution is 0.209. The Labute approximate surface area is 247 Å². The third-order valence-corrected chi connectivity index (χ3v) is 7.94. The molecule has 0 spiro atoms. The van der Waals surface area contributed by atoms with Crippen molar-refractivity contribution >= 4 is 33.5 Å². The van der Waals surface area contributed by atoms with E-state index in [0.717, 1.165) is 33.0 Å². The number of fused-ring (bicyclic) bond motifs is 2. The van der Waals surface area contributed by atoms with E-state index in [-0.39, 0.29) is 11.1 Å². The first-order chi connectivity index (χ1) is 21.1. The maximum absolute atomic E-state index is 16.5. The van der Waals surface area contributed by atoms with E-state index in [1.807, 2.05) is 102 Å². The molecule has 43 heavy (non-hydrogen) atoms. The summed E-state index contributed by atoms with van der Waals surface area (Å²) in [6.07, 6.45) is -1.34. The van der Waals surface area contributed by atoms with Crippen LogP contribution in [-0.2, 0) is 5.54 Å². The van der Waals surface area contributed by atoms with E-state index in [4.69, 9.17) is 5.10 Å². The molecule has 0 fully saturated rings. The molecule has 0 aliphatic heterocycles. The quantitative estimate of drug-likeness (QED) is 0.199. The second-order valence-corrected chi connectivity index (χ2v) is 10.4. The normalized spacial score (nSPS) is 11.6. The van der Waals surface area contributed by atoms with Crippen molar-refractivity contribution in [2.24, 2.45) is 0 Å². The van der Waals surface area contributed by atoms with Gasteiger partial charge in [0.05, 0.1) is 16.6 Å². The van der Waals surface area contributed by atoms with Gasteiger partial charge >= 0.3 is 6.09 Å². The molecule has 1 aromatic heterocycles. The van der Waals surface area contributed by atoms with E-state index < -0.39 is 17.4 Å². The summed E-state index contributed by atoms with van der Waals surface area (Å²) in [5.41, 5.74) is 3.35. The Morgan fingerprint density at radius 3 is 1.77 bits per heavy atom. The minimum absolute atomic E-state index is 0.133. The minimum Gasteiger partial charge on any atom is -0.465 e. The van der Waals surface area contributed by atoms with Gasteiger partial charge in [-0.15, -0.1) is 0 Å². The van der Waals surface area contributed by atoms with Crippen molar-refractivity contribution in [2.75, 3.05) is 5.32 Å². The molecule has 0 unspecified atom stereocenters. The van der Waals surface area contributed by atoms with Crippen molar-refractivity contribution in [2.45, 2.75) is 5.54 Å². The summed E-state index contributed by atoms with van der Waals surface area (Å²) in [6, 6.07) is 47.2. The predicted octanol–water partition coefficient (Wildman–Crippen LogP) is 8.93. The van der Waals surface area contributed by atoms with Crippen molar-refractivity contribution in [3.05, 3.63) is 168 Å². The molecule has 5 nitrogen and oxygen atoms in total. The number of anilines is 1. The van der Waals surface area contributed by atoms with Crippen LogP contribution in [0.3, 0.4) is 0 Å². The number of amides is 1. The molecule has 0 atom stereocenters. The fraction of sp³-hybridized carbons (Fsp3) is 0.0270. The summed E-state index contributed by atoms with van der Waals surface area (Å²) in [5.74, 6) is -0.683. The van der Waals surface area contributed by atoms with Crippen molar-refractivity contribution in [3.63, 3.8) is 0 Å². The summed E-state index contributed by atoms with van der Waals surface area (Å²) in [4.78, 5) is 11.6. The highest BCUT2D eigenvalue weighted by molar-refractivity contribution is 6.00. The lowest BCUT2D eigenvalue weighted by Crippen LogP contribution is -2.38. The Kier molecular flexibility index (Phi) is 6.44. The number of halogens is 1. The molecule has 6 heteroatoms. The number of nitrogens with one attached hydrogen (secondary N) is 1. The Hall–Kier alpha value is -5.75. The molecule has 2 N–H and O–H groups in total. The van der Waals surface area contributed by atoms with Crippen molar-refractivity contribution < 1.29 is 14.3 Å². The second kappa shape index (κ2) is 10.6. The van der Waals surface area contributed by atoms with Crippen LogP contribution in [0.1, 0.15) is 16.7 Å². The number of nitrogens with zero attached hydrogens (tertiary/aromatic N) is 2. The van der Waals surface area contributed by atoms with Gasteiger partial charge in [0.25, 0.3) is 0 Å². The zero-order valence-corrected chi connectivity index (χ0v) is 23.0. The third kappa shape index (κ3) is 4.32. The van der Waals surface area contributed by atoms with Gasteiger partial charge in [0.1, 0.15) is 11.2 Å². The molecule has 208 valence electrons. The molecule has 1 amide bonds. The van der Waals surface area contributed by atoms with Gasteiger partial charge in [0.2, 0.25) is 0 Å². The van der Waals surface area contributed by atoms with Crippen LogP contribution in [0.25, 0.3) is 32.9 Å². The molecular weight excluding hydrogens is 537 g/mol. The molecular formula is C37H26FN3O2. The summed E-state index contributed by atoms with van der Waals surface area (Å²) in [7, 11) is 0. The van der Waals surface area contributed by atoms with E-state index in [1.54, 1.807) is 6.07 Å². The fourth-order valence-corrected chi connectivity index (χ4v) is 6.08. The number of aromatic nitrogens is 2. The van der Waals surface area contributed by atoms with Crippen molar-refractivity contribution in [1.82, 2.24) is 9.78 Å². The molecule has 1 heterocycles. The average molecular weight is 564 g/mol. The Morgan fingerprint density at radius 2 is 1.21 bits per heavy atom. The van der Waals surface area contributed by atoms with Crippen LogP contribution >= 0.6 is 0 Å². The molecule has 0 aliphatic carbocycles. The Morgan fingerprint density at radius 1 is 0.674 bits per heavy atom. The second-order valence-electron chi connectivity index (χ2n) is 10.4. The highest BCUT2D eigenvalue weighted by Gasteiger charge is 2.41. The lowest BCUT2D eigenvalue weighted by atomic mass is 9.77. The number of hydrogen-bond acceptors (Lipinski definition) is 2. The predicted molar refractivity (Wildman–Crippen MR) is 169 cm³/mol. The SMILES string of the molecule is O=C(O)Nc1ccc2c(c(-c3ccc4ccccc4c3)nn2C(c2ccccc2)(c2ccccc2)c2ccccc2)c1F. The molecule has 0 saturated heterocycles. The molecule has 7 aromatic rings. The highest BCUT2D eigenvalue weighted by Crippen LogP contribution is 2.45. The molecule has 7 rings (SSSR count). The number of hydrogen-bond donors (Lipinski definition) is 2. The van der Waals surface area contributed by atoms with Gasteiger partial charge in [-0.25, -0.2) is 13.9 Å². The van der Waals surface area contributed by atoms with E-state index >= 15 is 4.39 Å². The van der Waals surface area contributed by atoms with Gasteiger partial charge in [0.15, 0.2) is 5.82 Å². The molecule has 0 bridgehead atoms. The van der Waals surface area contributed by atoms with Gasteiger partial charge < -0.3 is 5.11 Å². The van der Waals surface area contributed by atoms with Gasteiger partial charge in [0, 0.05) is 5.56 Å². The van der Waals surface area contributed by atoms with E-state index in [1.165, 1.54) is 6.07 Å². The minimum atomic E-state index is -1.34. The topological polar surface area (TPSA) is 67.2 Å². The van der Waals surface area contributed by atoms with Gasteiger partial charge in [-0.1, -0.05) is 127 Å². The van der Waals surface area contributed by atoms with E-state index in [9.17, 15) is 9.90 Å². The van der Waals surface area contributed by atoms with Crippen LogP contribution in [0.4, 0.5) is 14.9 Å². The molecule has 0 radical (unpaired) electrons. The van der Waals surface area contributed by atoms with Gasteiger partial charge in [-0.05, 0) is 45.7 Å². The van der Waals surface area contributed by atoms with Gasteiger partial charge in [-0.3, -0.25) is 5.32 Å². The maximum atomic E-state index is 16.5. The Bertz CT molecular complexity index is 2000. The van der Waals surface area contributed by atoms with E-state index in [0.29, 0.717) is 11.2 Å². The summed E-state index contributed by atoms with van der Waals surface area (Å²) in [5, 5.41) is 19.2. The Balaban J connectivity index is 1.64. The van der Waals surface area contributed by atoms with Crippen LogP contribution < -0.4 is 5.32 Å². The molecule has 6 aromatic carbocycles. The van der Waals surface area contributed by atoms with Crippen molar-refractivity contribution in [1.29, 1.82) is 0 Å². The van der Waals surface area contributed by atoms with Gasteiger partial charge in [-0.2, -0.15) is 5.10 Å². The number of benzene rings is 6. The lowest BCUT2D eigenvalue weighted by Gasteiger charge is -2.37. The van der Waals surface area contributed by atoms with Crippen LogP contribution in [0.5, 0.6) is 0 Å². The average Bonchev–Trinajstić information content (AvgIpc) is 3.44. The third-order valence-electron chi connectivity index (χ3n) is 7.94. The van der Waals surface area contributed by atoms with E-state index in [2.05, 4.69) is 41.7 Å². The van der Waals surface area contributed by atoms with Crippen molar-refractivity contribution in [3.8, 4) is 11.3 Å². The standard InChI is InChI=1S/C37H26FN3O2/c38-34-31(39-36(42)43)22-23-32-33(34)35(27-21-20-25-12-10-11-13-26(25)24-27)40-41(32)37(28-14-4-1-5-15-28,29-16-6-2-7-17-29)30-18-8-3-9-19-30/h1-24,39H,(H,42,43). The summed E-state index contributed by atoms with van der Waals surface area (Å²) >= 11 is 0. The first-order valence-electron chi connectivity index (χ1n) is 13.9. The number of carboxylic acid groups (broad SMARTS) is 1. The molecule has 0 aliphatic rings. The van der Waals surface area contributed by atoms with Crippen LogP contribution in [0.15, 0.2) is 146 Å². The maximum Gasteiger partial charge on any atom is 0.409 e. The zero-order valence-electron chi connectivity index (χ0n) is 23.0. The number of carbonyl (C=O) groups is 1. The fourth-order valence-electron chi connectivity index (χ4n) is 6.08. The molecule has 0 saturated carbocycles. The van der Waals surface area contributed by atoms with Crippen LogP contribution in [-0.4, -0.2) is 21.0 Å². The first-order valence-corrected chi connectivity index (χ1v) is 13.9. The first kappa shape index (κ1) is 26.2. The van der Waals surface area contributed by atoms with Crippen LogP contribution in [0, 0.1) is 5.82 Å².